The van der Waals surface area contributed by atoms with Gasteiger partial charge in [-0.05, 0) is 17.9 Å². The Morgan fingerprint density at radius 3 is 2.88 bits per heavy atom. The summed E-state index contributed by atoms with van der Waals surface area (Å²) < 4.78 is 0. The number of hydrogen-bond acceptors (Lipinski definition) is 4. The van der Waals surface area contributed by atoms with Crippen molar-refractivity contribution >= 4 is 46.5 Å². The van der Waals surface area contributed by atoms with Gasteiger partial charge >= 0.3 is 0 Å². The minimum Gasteiger partial charge on any atom is -0.386 e. The average molecular weight is 295 g/mol. The number of aliphatic hydroxyl groups is 1. The van der Waals surface area contributed by atoms with Gasteiger partial charge in [0.15, 0.2) is 0 Å². The molecule has 3 atom stereocenters. The van der Waals surface area contributed by atoms with Crippen LogP contribution in [0.4, 0.5) is 0 Å². The first-order valence-electron chi connectivity index (χ1n) is 5.38. The van der Waals surface area contributed by atoms with E-state index in [1.165, 1.54) is 5.75 Å². The smallest absolute Gasteiger partial charge is 0.103 e. The van der Waals surface area contributed by atoms with Gasteiger partial charge in [-0.1, -0.05) is 18.5 Å². The molecule has 1 aliphatic rings. The molecule has 2 heterocycles. The molecule has 0 bridgehead atoms. The number of aliphatic hydroxyl groups excluding tert-OH is 1. The molecule has 0 aliphatic carbocycles. The predicted octanol–water partition coefficient (Wildman–Crippen LogP) is 4.06. The molecule has 0 amide bonds. The van der Waals surface area contributed by atoms with Crippen LogP contribution in [0.5, 0.6) is 0 Å². The summed E-state index contributed by atoms with van der Waals surface area (Å²) in [5, 5.41) is 13.9. The van der Waals surface area contributed by atoms with Gasteiger partial charge in [0, 0.05) is 22.0 Å². The van der Waals surface area contributed by atoms with Gasteiger partial charge in [0.25, 0.3) is 0 Å². The molecule has 1 saturated heterocycles. The lowest BCUT2D eigenvalue weighted by atomic mass is 10.1. The molecular weight excluding hydrogens is 280 g/mol. The number of halogens is 1. The fourth-order valence-electron chi connectivity index (χ4n) is 1.90. The maximum absolute atomic E-state index is 10.4. The molecule has 1 aromatic rings. The van der Waals surface area contributed by atoms with Gasteiger partial charge in [-0.25, -0.2) is 0 Å². The number of rotatable bonds is 3. The van der Waals surface area contributed by atoms with Crippen molar-refractivity contribution in [3.63, 3.8) is 0 Å². The van der Waals surface area contributed by atoms with E-state index < -0.39 is 6.10 Å². The largest absolute Gasteiger partial charge is 0.386 e. The standard InChI is InChI=1S/C11H15ClOS3/c1-2-8-11(16-6-5-14-8)9(13)10-7(12)3-4-15-10/h3-4,8-9,11,13H,2,5-6H2,1H3. The molecule has 0 saturated carbocycles. The maximum atomic E-state index is 10.4. The Morgan fingerprint density at radius 1 is 1.50 bits per heavy atom. The van der Waals surface area contributed by atoms with Crippen LogP contribution in [0.15, 0.2) is 11.4 Å². The molecule has 1 nitrogen and oxygen atoms in total. The van der Waals surface area contributed by atoms with E-state index in [4.69, 9.17) is 11.6 Å². The first-order chi connectivity index (χ1) is 7.74. The third kappa shape index (κ3) is 2.72. The van der Waals surface area contributed by atoms with Gasteiger partial charge in [0.2, 0.25) is 0 Å². The molecule has 0 aromatic carbocycles. The topological polar surface area (TPSA) is 20.2 Å². The fourth-order valence-corrected chi connectivity index (χ4v) is 6.30. The summed E-state index contributed by atoms with van der Waals surface area (Å²) in [6, 6.07) is 1.87. The lowest BCUT2D eigenvalue weighted by molar-refractivity contribution is 0.176. The summed E-state index contributed by atoms with van der Waals surface area (Å²) in [4.78, 5) is 0.931. The molecule has 3 unspecified atom stereocenters. The Kier molecular flexibility index (Phi) is 4.91. The number of thiophene rings is 1. The van der Waals surface area contributed by atoms with Crippen LogP contribution in [0.2, 0.25) is 5.02 Å². The highest BCUT2D eigenvalue weighted by atomic mass is 35.5. The van der Waals surface area contributed by atoms with Gasteiger partial charge in [0.1, 0.15) is 6.10 Å². The van der Waals surface area contributed by atoms with Crippen LogP contribution in [0.1, 0.15) is 24.3 Å². The molecule has 1 N–H and O–H groups in total. The highest BCUT2D eigenvalue weighted by molar-refractivity contribution is 8.07. The van der Waals surface area contributed by atoms with E-state index >= 15 is 0 Å². The van der Waals surface area contributed by atoms with Crippen LogP contribution in [0, 0.1) is 0 Å². The zero-order valence-corrected chi connectivity index (χ0v) is 12.3. The van der Waals surface area contributed by atoms with Crippen molar-refractivity contribution in [2.75, 3.05) is 11.5 Å². The zero-order chi connectivity index (χ0) is 11.5. The molecule has 0 spiro atoms. The fraction of sp³-hybridized carbons (Fsp3) is 0.636. The first-order valence-corrected chi connectivity index (χ1v) is 8.73. The van der Waals surface area contributed by atoms with Gasteiger partial charge in [-0.15, -0.1) is 11.3 Å². The first kappa shape index (κ1) is 13.1. The summed E-state index contributed by atoms with van der Waals surface area (Å²) in [5.41, 5.74) is 0. The Bertz CT molecular complexity index is 342. The van der Waals surface area contributed by atoms with Gasteiger partial charge in [-0.3, -0.25) is 0 Å². The summed E-state index contributed by atoms with van der Waals surface area (Å²) in [7, 11) is 0. The van der Waals surface area contributed by atoms with Crippen molar-refractivity contribution < 1.29 is 5.11 Å². The van der Waals surface area contributed by atoms with Gasteiger partial charge in [0.05, 0.1) is 9.90 Å². The Morgan fingerprint density at radius 2 is 2.25 bits per heavy atom. The van der Waals surface area contributed by atoms with E-state index in [1.807, 2.05) is 35.0 Å². The van der Waals surface area contributed by atoms with Crippen molar-refractivity contribution in [2.45, 2.75) is 29.9 Å². The quantitative estimate of drug-likeness (QED) is 0.908. The normalized spacial score (nSPS) is 27.9. The highest BCUT2D eigenvalue weighted by Gasteiger charge is 2.33. The monoisotopic (exact) mass is 294 g/mol. The third-order valence-electron chi connectivity index (χ3n) is 2.72. The third-order valence-corrected chi connectivity index (χ3v) is 7.48. The summed E-state index contributed by atoms with van der Waals surface area (Å²) in [5.74, 6) is 2.33. The maximum Gasteiger partial charge on any atom is 0.103 e. The van der Waals surface area contributed by atoms with Crippen molar-refractivity contribution in [3.05, 3.63) is 21.3 Å². The second-order valence-corrected chi connectivity index (χ2v) is 7.72. The minimum absolute atomic E-state index is 0.292. The van der Waals surface area contributed by atoms with Gasteiger partial charge in [-0.2, -0.15) is 23.5 Å². The molecular formula is C11H15ClOS3. The average Bonchev–Trinajstić information content (AvgIpc) is 2.74. The summed E-state index contributed by atoms with van der Waals surface area (Å²) in [6.45, 7) is 2.19. The molecule has 1 aliphatic heterocycles. The zero-order valence-electron chi connectivity index (χ0n) is 9.06. The Labute approximate surface area is 114 Å². The van der Waals surface area contributed by atoms with Crippen LogP contribution in [-0.4, -0.2) is 27.1 Å². The van der Waals surface area contributed by atoms with E-state index in [-0.39, 0.29) is 0 Å². The number of hydrogen-bond donors (Lipinski definition) is 1. The Hall–Kier alpha value is 0.650. The van der Waals surface area contributed by atoms with Crippen LogP contribution >= 0.6 is 46.5 Å². The highest BCUT2D eigenvalue weighted by Crippen LogP contribution is 2.43. The lowest BCUT2D eigenvalue weighted by Crippen LogP contribution is -2.30. The summed E-state index contributed by atoms with van der Waals surface area (Å²) >= 11 is 11.5. The second kappa shape index (κ2) is 6.01. The molecule has 16 heavy (non-hydrogen) atoms. The van der Waals surface area contributed by atoms with E-state index in [0.29, 0.717) is 15.5 Å². The molecule has 5 heteroatoms. The van der Waals surface area contributed by atoms with E-state index in [1.54, 1.807) is 11.3 Å². The predicted molar refractivity (Wildman–Crippen MR) is 77.1 cm³/mol. The van der Waals surface area contributed by atoms with E-state index in [9.17, 15) is 5.11 Å². The van der Waals surface area contributed by atoms with Crippen molar-refractivity contribution in [2.24, 2.45) is 0 Å². The van der Waals surface area contributed by atoms with Gasteiger partial charge < -0.3 is 5.11 Å². The molecule has 2 rings (SSSR count). The van der Waals surface area contributed by atoms with E-state index in [2.05, 4.69) is 6.92 Å². The second-order valence-electron chi connectivity index (χ2n) is 3.73. The Balaban J connectivity index is 2.13. The van der Waals surface area contributed by atoms with Crippen LogP contribution in [0.25, 0.3) is 0 Å². The summed E-state index contributed by atoms with van der Waals surface area (Å²) in [6.07, 6.45) is 0.706. The van der Waals surface area contributed by atoms with Crippen LogP contribution in [0.3, 0.4) is 0 Å². The lowest BCUT2D eigenvalue weighted by Gasteiger charge is -2.33. The van der Waals surface area contributed by atoms with Crippen LogP contribution in [-0.2, 0) is 0 Å². The SMILES string of the molecule is CCC1SCCSC1C(O)c1sccc1Cl. The van der Waals surface area contributed by atoms with Crippen LogP contribution < -0.4 is 0 Å². The van der Waals surface area contributed by atoms with Crippen molar-refractivity contribution in [1.82, 2.24) is 0 Å². The molecule has 90 valence electrons. The molecule has 1 fully saturated rings. The van der Waals surface area contributed by atoms with E-state index in [0.717, 1.165) is 17.1 Å². The van der Waals surface area contributed by atoms with Crippen molar-refractivity contribution in [1.29, 1.82) is 0 Å². The minimum atomic E-state index is -0.407. The molecule has 0 radical (unpaired) electrons. The molecule has 1 aromatic heterocycles. The number of thioether (sulfide) groups is 2. The van der Waals surface area contributed by atoms with Crippen molar-refractivity contribution in [3.8, 4) is 0 Å².